The van der Waals surface area contributed by atoms with Crippen molar-refractivity contribution in [3.8, 4) is 5.75 Å². The van der Waals surface area contributed by atoms with E-state index in [1.807, 2.05) is 0 Å². The molecule has 1 aliphatic rings. The van der Waals surface area contributed by atoms with E-state index < -0.39 is 28.5 Å². The minimum atomic E-state index is -3.68. The first-order chi connectivity index (χ1) is 14.8. The molecule has 166 valence electrons. The first-order valence-corrected chi connectivity index (χ1v) is 11.2. The Morgan fingerprint density at radius 1 is 1.13 bits per heavy atom. The number of aromatic nitrogens is 2. The number of esters is 1. The summed E-state index contributed by atoms with van der Waals surface area (Å²) in [5.41, 5.74) is 0.781. The van der Waals surface area contributed by atoms with Gasteiger partial charge in [0.1, 0.15) is 5.75 Å². The van der Waals surface area contributed by atoms with Gasteiger partial charge in [0, 0.05) is 19.3 Å². The summed E-state index contributed by atoms with van der Waals surface area (Å²) in [6.45, 7) is 2.07. The van der Waals surface area contributed by atoms with Gasteiger partial charge in [0.25, 0.3) is 5.91 Å². The molecule has 0 saturated carbocycles. The molecule has 0 spiro atoms. The van der Waals surface area contributed by atoms with Crippen LogP contribution < -0.4 is 10.1 Å². The van der Waals surface area contributed by atoms with Gasteiger partial charge in [-0.2, -0.15) is 4.31 Å². The number of ether oxygens (including phenoxy) is 2. The third kappa shape index (κ3) is 5.56. The molecule has 0 atom stereocenters. The Morgan fingerprint density at radius 3 is 2.52 bits per heavy atom. The van der Waals surface area contributed by atoms with E-state index in [-0.39, 0.29) is 22.0 Å². The normalized spacial score (nSPS) is 14.6. The number of benzene rings is 1. The zero-order valence-corrected chi connectivity index (χ0v) is 18.1. The van der Waals surface area contributed by atoms with Gasteiger partial charge in [0.15, 0.2) is 12.3 Å². The molecular weight excluding hydrogens is 424 g/mol. The second-order valence-corrected chi connectivity index (χ2v) is 8.93. The summed E-state index contributed by atoms with van der Waals surface area (Å²) in [5.74, 6) is -1.17. The maximum Gasteiger partial charge on any atom is 0.359 e. The van der Waals surface area contributed by atoms with Crippen LogP contribution >= 0.6 is 0 Å². The fourth-order valence-corrected chi connectivity index (χ4v) is 4.63. The lowest BCUT2D eigenvalue weighted by molar-refractivity contribution is -0.119. The Bertz CT molecular complexity index is 1050. The second-order valence-electron chi connectivity index (χ2n) is 6.99. The maximum atomic E-state index is 12.9. The summed E-state index contributed by atoms with van der Waals surface area (Å²) in [6.07, 6.45) is 5.30. The molecule has 3 rings (SSSR count). The number of nitrogens with one attached hydrogen (secondary N) is 1. The molecule has 1 N–H and O–H groups in total. The number of carbonyl (C=O) groups is 2. The van der Waals surface area contributed by atoms with E-state index in [1.165, 1.54) is 42.0 Å². The third-order valence-electron chi connectivity index (χ3n) is 4.72. The number of hydrogen-bond donors (Lipinski definition) is 1. The zero-order chi connectivity index (χ0) is 22.4. The summed E-state index contributed by atoms with van der Waals surface area (Å²) in [4.78, 5) is 32.2. The highest BCUT2D eigenvalue weighted by molar-refractivity contribution is 7.89. The smallest absolute Gasteiger partial charge is 0.359 e. The monoisotopic (exact) mass is 448 g/mol. The van der Waals surface area contributed by atoms with Crippen molar-refractivity contribution in [1.82, 2.24) is 14.3 Å². The lowest BCUT2D eigenvalue weighted by Crippen LogP contribution is -2.35. The van der Waals surface area contributed by atoms with Crippen LogP contribution in [0.2, 0.25) is 0 Å². The molecule has 0 unspecified atom stereocenters. The average Bonchev–Trinajstić information content (AvgIpc) is 2.78. The quantitative estimate of drug-likeness (QED) is 0.635. The van der Waals surface area contributed by atoms with Crippen LogP contribution in [0.1, 0.15) is 35.4 Å². The van der Waals surface area contributed by atoms with Gasteiger partial charge >= 0.3 is 5.97 Å². The van der Waals surface area contributed by atoms with Crippen LogP contribution in [0.4, 0.5) is 5.69 Å². The van der Waals surface area contributed by atoms with Gasteiger partial charge in [-0.05, 0) is 38.0 Å². The predicted molar refractivity (Wildman–Crippen MR) is 111 cm³/mol. The molecule has 0 radical (unpaired) electrons. The van der Waals surface area contributed by atoms with Crippen LogP contribution in [-0.2, 0) is 19.6 Å². The number of carbonyl (C=O) groups excluding carboxylic acids is 2. The number of rotatable bonds is 7. The summed E-state index contributed by atoms with van der Waals surface area (Å²) in [5, 5.41) is 2.53. The summed E-state index contributed by atoms with van der Waals surface area (Å²) in [6, 6.07) is 4.25. The first kappa shape index (κ1) is 22.6. The van der Waals surface area contributed by atoms with Crippen molar-refractivity contribution < 1.29 is 27.5 Å². The van der Waals surface area contributed by atoms with E-state index in [9.17, 15) is 18.0 Å². The van der Waals surface area contributed by atoms with Crippen molar-refractivity contribution >= 4 is 27.6 Å². The van der Waals surface area contributed by atoms with Crippen LogP contribution in [0.25, 0.3) is 0 Å². The molecule has 1 amide bonds. The third-order valence-corrected chi connectivity index (χ3v) is 6.62. The molecule has 11 heteroatoms. The Morgan fingerprint density at radius 2 is 1.87 bits per heavy atom. The van der Waals surface area contributed by atoms with Crippen molar-refractivity contribution in [2.24, 2.45) is 0 Å². The Kier molecular flexibility index (Phi) is 7.18. The van der Waals surface area contributed by atoms with E-state index in [1.54, 1.807) is 6.92 Å². The highest BCUT2D eigenvalue weighted by atomic mass is 32.2. The average molecular weight is 449 g/mol. The van der Waals surface area contributed by atoms with Gasteiger partial charge in [0.05, 0.1) is 29.6 Å². The van der Waals surface area contributed by atoms with E-state index in [0.29, 0.717) is 18.8 Å². The van der Waals surface area contributed by atoms with Crippen LogP contribution in [0.3, 0.4) is 0 Å². The molecule has 2 aromatic rings. The second kappa shape index (κ2) is 9.84. The number of hydrogen-bond acceptors (Lipinski definition) is 8. The molecule has 1 saturated heterocycles. The fraction of sp³-hybridized carbons (Fsp3) is 0.400. The number of nitrogens with zero attached hydrogens (tertiary/aromatic N) is 3. The van der Waals surface area contributed by atoms with E-state index in [0.717, 1.165) is 19.3 Å². The van der Waals surface area contributed by atoms with E-state index >= 15 is 0 Å². The lowest BCUT2D eigenvalue weighted by atomic mass is 10.2. The number of sulfonamides is 1. The Hall–Kier alpha value is -3.05. The SMILES string of the molecule is COc1ccc(S(=O)(=O)N2CCCCC2)cc1NC(=O)COC(=O)c1cnc(C)cn1. The molecule has 1 aromatic carbocycles. The number of amides is 1. The highest BCUT2D eigenvalue weighted by Gasteiger charge is 2.27. The van der Waals surface area contributed by atoms with Crippen molar-refractivity contribution in [2.75, 3.05) is 32.1 Å². The van der Waals surface area contributed by atoms with Crippen molar-refractivity contribution in [3.63, 3.8) is 0 Å². The number of aryl methyl sites for hydroxylation is 1. The largest absolute Gasteiger partial charge is 0.495 e. The minimum absolute atomic E-state index is 0.0226. The van der Waals surface area contributed by atoms with Gasteiger partial charge in [-0.15, -0.1) is 0 Å². The molecular formula is C20H24N4O6S. The standard InChI is InChI=1S/C20H24N4O6S/c1-14-11-22-17(12-21-14)20(26)30-13-19(25)23-16-10-15(6-7-18(16)29-2)31(27,28)24-8-4-3-5-9-24/h6-7,10-12H,3-5,8-9,13H2,1-2H3,(H,23,25). The zero-order valence-electron chi connectivity index (χ0n) is 17.3. The predicted octanol–water partition coefficient (Wildman–Crippen LogP) is 1.76. The topological polar surface area (TPSA) is 128 Å². The fourth-order valence-electron chi connectivity index (χ4n) is 3.09. The highest BCUT2D eigenvalue weighted by Crippen LogP contribution is 2.30. The summed E-state index contributed by atoms with van der Waals surface area (Å²) >= 11 is 0. The van der Waals surface area contributed by atoms with Gasteiger partial charge in [0.2, 0.25) is 10.0 Å². The summed E-state index contributed by atoms with van der Waals surface area (Å²) < 4.78 is 37.4. The van der Waals surface area contributed by atoms with Crippen molar-refractivity contribution in [2.45, 2.75) is 31.1 Å². The molecule has 0 aliphatic carbocycles. The molecule has 31 heavy (non-hydrogen) atoms. The van der Waals surface area contributed by atoms with Crippen LogP contribution in [0.5, 0.6) is 5.75 Å². The molecule has 1 aromatic heterocycles. The first-order valence-electron chi connectivity index (χ1n) is 9.75. The lowest BCUT2D eigenvalue weighted by Gasteiger charge is -2.26. The van der Waals surface area contributed by atoms with Crippen molar-refractivity contribution in [1.29, 1.82) is 0 Å². The van der Waals surface area contributed by atoms with Gasteiger partial charge in [-0.1, -0.05) is 6.42 Å². The maximum absolute atomic E-state index is 12.9. The molecule has 1 aliphatic heterocycles. The van der Waals surface area contributed by atoms with Gasteiger partial charge in [-0.25, -0.2) is 18.2 Å². The number of anilines is 1. The minimum Gasteiger partial charge on any atom is -0.495 e. The number of methoxy groups -OCH3 is 1. The Balaban J connectivity index is 1.69. The van der Waals surface area contributed by atoms with Crippen LogP contribution in [-0.4, -0.2) is 61.4 Å². The summed E-state index contributed by atoms with van der Waals surface area (Å²) in [7, 11) is -2.28. The Labute approximate surface area is 180 Å². The molecule has 1 fully saturated rings. The van der Waals surface area contributed by atoms with Crippen LogP contribution in [0.15, 0.2) is 35.5 Å². The van der Waals surface area contributed by atoms with Crippen LogP contribution in [0, 0.1) is 6.92 Å². The molecule has 10 nitrogen and oxygen atoms in total. The molecule has 2 heterocycles. The van der Waals surface area contributed by atoms with Crippen molar-refractivity contribution in [3.05, 3.63) is 42.0 Å². The van der Waals surface area contributed by atoms with E-state index in [2.05, 4.69) is 15.3 Å². The van der Waals surface area contributed by atoms with E-state index in [4.69, 9.17) is 9.47 Å². The van der Waals surface area contributed by atoms with Gasteiger partial charge < -0.3 is 14.8 Å². The van der Waals surface area contributed by atoms with Gasteiger partial charge in [-0.3, -0.25) is 9.78 Å². The molecule has 0 bridgehead atoms. The number of piperidine rings is 1.